The lowest BCUT2D eigenvalue weighted by atomic mass is 10.1. The van der Waals surface area contributed by atoms with Gasteiger partial charge in [-0.2, -0.15) is 0 Å². The summed E-state index contributed by atoms with van der Waals surface area (Å²) in [6.07, 6.45) is 3.85. The first kappa shape index (κ1) is 27.5. The van der Waals surface area contributed by atoms with Crippen LogP contribution in [0.4, 0.5) is 0 Å². The van der Waals surface area contributed by atoms with Crippen LogP contribution < -0.4 is 21.1 Å². The number of carbonyl (C=O) groups excluding carboxylic acids is 2. The van der Waals surface area contributed by atoms with Gasteiger partial charge >= 0.3 is 19.5 Å². The Balaban J connectivity index is 1.28. The number of nitrogens with one attached hydrogen (secondary N) is 2. The minimum atomic E-state index is -3.93. The molecule has 204 valence electrons. The third-order valence-corrected chi connectivity index (χ3v) is 7.24. The van der Waals surface area contributed by atoms with Crippen LogP contribution in [0.15, 0.2) is 46.1 Å². The SMILES string of the molecule is COC(=O)C(C)NC(=O)CCc1ccc2c(c1)COP(=O)(OC[C@@H]1C=C[C@H](n3cc(C)c(=O)[nH]c3=O)O1)O2. The maximum absolute atomic E-state index is 13.0. The fraction of sp³-hybridized carbons (Fsp3) is 0.417. The second kappa shape index (κ2) is 11.5. The Morgan fingerprint density at radius 1 is 1.29 bits per heavy atom. The number of ether oxygens (including phenoxy) is 2. The molecule has 2 N–H and O–H groups in total. The van der Waals surface area contributed by atoms with Crippen molar-refractivity contribution in [3.63, 3.8) is 0 Å². The zero-order chi connectivity index (χ0) is 27.4. The molecule has 4 atom stereocenters. The van der Waals surface area contributed by atoms with Crippen molar-refractivity contribution in [3.8, 4) is 5.75 Å². The summed E-state index contributed by atoms with van der Waals surface area (Å²) in [6, 6.07) is 4.42. The molecule has 1 aromatic heterocycles. The van der Waals surface area contributed by atoms with E-state index in [1.165, 1.54) is 17.9 Å². The molecule has 2 unspecified atom stereocenters. The van der Waals surface area contributed by atoms with Gasteiger partial charge in [-0.15, -0.1) is 0 Å². The second-order valence-electron chi connectivity index (χ2n) is 8.79. The van der Waals surface area contributed by atoms with Gasteiger partial charge in [-0.1, -0.05) is 12.1 Å². The van der Waals surface area contributed by atoms with Crippen molar-refractivity contribution in [3.05, 3.63) is 74.1 Å². The van der Waals surface area contributed by atoms with Crippen molar-refractivity contribution in [1.29, 1.82) is 0 Å². The highest BCUT2D eigenvalue weighted by atomic mass is 31.2. The van der Waals surface area contributed by atoms with Gasteiger partial charge in [0.2, 0.25) is 5.91 Å². The topological polar surface area (TPSA) is 164 Å². The largest absolute Gasteiger partial charge is 0.530 e. The number of benzene rings is 1. The molecule has 14 heteroatoms. The molecular weight excluding hydrogens is 521 g/mol. The molecule has 4 rings (SSSR count). The summed E-state index contributed by atoms with van der Waals surface area (Å²) in [5.41, 5.74) is 0.744. The zero-order valence-corrected chi connectivity index (χ0v) is 21.9. The summed E-state index contributed by atoms with van der Waals surface area (Å²) < 4.78 is 40.9. The van der Waals surface area contributed by atoms with Crippen molar-refractivity contribution in [1.82, 2.24) is 14.9 Å². The van der Waals surface area contributed by atoms with Gasteiger partial charge in [-0.25, -0.2) is 14.2 Å². The molecule has 2 aliphatic rings. The fourth-order valence-electron chi connectivity index (χ4n) is 3.84. The highest BCUT2D eigenvalue weighted by Crippen LogP contribution is 2.54. The second-order valence-corrected chi connectivity index (χ2v) is 10.4. The smallest absolute Gasteiger partial charge is 0.467 e. The van der Waals surface area contributed by atoms with Crippen molar-refractivity contribution in [2.24, 2.45) is 0 Å². The Morgan fingerprint density at radius 3 is 2.84 bits per heavy atom. The zero-order valence-electron chi connectivity index (χ0n) is 21.0. The van der Waals surface area contributed by atoms with Gasteiger partial charge in [0.15, 0.2) is 6.23 Å². The van der Waals surface area contributed by atoms with Crippen molar-refractivity contribution >= 4 is 19.7 Å². The molecule has 2 aliphatic heterocycles. The van der Waals surface area contributed by atoms with Gasteiger partial charge in [0.25, 0.3) is 5.56 Å². The summed E-state index contributed by atoms with van der Waals surface area (Å²) in [6.45, 7) is 2.93. The van der Waals surface area contributed by atoms with Crippen LogP contribution in [0.3, 0.4) is 0 Å². The third-order valence-electron chi connectivity index (χ3n) is 5.91. The minimum absolute atomic E-state index is 0.0257. The van der Waals surface area contributed by atoms with Crippen LogP contribution in [-0.2, 0) is 45.7 Å². The molecule has 1 amide bonds. The van der Waals surface area contributed by atoms with Crippen LogP contribution in [0.5, 0.6) is 5.75 Å². The van der Waals surface area contributed by atoms with Crippen LogP contribution in [0, 0.1) is 6.92 Å². The maximum Gasteiger partial charge on any atom is 0.530 e. The summed E-state index contributed by atoms with van der Waals surface area (Å²) >= 11 is 0. The molecule has 0 radical (unpaired) electrons. The fourth-order valence-corrected chi connectivity index (χ4v) is 5.06. The predicted octanol–water partition coefficient (Wildman–Crippen LogP) is 1.64. The number of rotatable bonds is 9. The quantitative estimate of drug-likeness (QED) is 0.267. The van der Waals surface area contributed by atoms with Crippen molar-refractivity contribution in [2.45, 2.75) is 51.7 Å². The number of aromatic nitrogens is 2. The number of H-pyrrole nitrogens is 1. The van der Waals surface area contributed by atoms with Crippen LogP contribution in [0.25, 0.3) is 0 Å². The Kier molecular flexibility index (Phi) is 8.32. The van der Waals surface area contributed by atoms with E-state index in [2.05, 4.69) is 15.0 Å². The van der Waals surface area contributed by atoms with Crippen LogP contribution in [-0.4, -0.2) is 47.3 Å². The standard InChI is InChI=1S/C24H28N3O10P/c1-14-11-27(24(31)26-22(14)29)21-9-6-18(36-21)13-35-38(32)34-12-17-10-16(4-7-19(17)37-38)5-8-20(28)25-15(2)23(30)33-3/h4,6-7,9-11,15,18,21H,5,8,12-13H2,1-3H3,(H,25,28)(H,26,29,31)/t15?,18-,21+,38?/m0/s1. The Labute approximate surface area is 217 Å². The van der Waals surface area contributed by atoms with Gasteiger partial charge in [0, 0.05) is 23.7 Å². The number of carbonyl (C=O) groups is 2. The van der Waals surface area contributed by atoms with E-state index in [-0.39, 0.29) is 25.5 Å². The monoisotopic (exact) mass is 549 g/mol. The molecule has 13 nitrogen and oxygen atoms in total. The number of nitrogens with zero attached hydrogens (tertiary/aromatic N) is 1. The summed E-state index contributed by atoms with van der Waals surface area (Å²) in [5.74, 6) is -0.483. The van der Waals surface area contributed by atoms with Gasteiger partial charge in [0.05, 0.1) is 20.3 Å². The van der Waals surface area contributed by atoms with Crippen LogP contribution in [0.2, 0.25) is 0 Å². The molecule has 3 heterocycles. The first-order valence-electron chi connectivity index (χ1n) is 11.8. The molecule has 0 spiro atoms. The average Bonchev–Trinajstić information content (AvgIpc) is 3.36. The number of hydrogen-bond donors (Lipinski definition) is 2. The van der Waals surface area contributed by atoms with Gasteiger partial charge in [0.1, 0.15) is 17.9 Å². The number of fused-ring (bicyclic) bond motifs is 1. The molecule has 1 aromatic carbocycles. The molecule has 38 heavy (non-hydrogen) atoms. The lowest BCUT2D eigenvalue weighted by molar-refractivity contribution is -0.144. The highest BCUT2D eigenvalue weighted by Gasteiger charge is 2.36. The third kappa shape index (κ3) is 6.48. The summed E-state index contributed by atoms with van der Waals surface area (Å²) in [5, 5.41) is 2.57. The number of aromatic amines is 1. The minimum Gasteiger partial charge on any atom is -0.467 e. The number of aryl methyl sites for hydroxylation is 2. The Bertz CT molecular complexity index is 1410. The first-order chi connectivity index (χ1) is 18.1. The lowest BCUT2D eigenvalue weighted by Gasteiger charge is -2.26. The van der Waals surface area contributed by atoms with Crippen molar-refractivity contribution < 1.29 is 37.2 Å². The number of amides is 1. The maximum atomic E-state index is 13.0. The molecule has 0 bridgehead atoms. The van der Waals surface area contributed by atoms with E-state index in [0.29, 0.717) is 23.3 Å². The van der Waals surface area contributed by atoms with E-state index in [1.807, 2.05) is 0 Å². The van der Waals surface area contributed by atoms with E-state index in [9.17, 15) is 23.7 Å². The van der Waals surface area contributed by atoms with E-state index < -0.39 is 43.4 Å². The Hall–Kier alpha value is -3.51. The summed E-state index contributed by atoms with van der Waals surface area (Å²) in [7, 11) is -2.67. The molecule has 2 aromatic rings. The first-order valence-corrected chi connectivity index (χ1v) is 13.3. The number of methoxy groups -OCH3 is 1. The molecular formula is C24H28N3O10P. The van der Waals surface area contributed by atoms with Crippen LogP contribution >= 0.6 is 7.82 Å². The highest BCUT2D eigenvalue weighted by molar-refractivity contribution is 7.49. The normalized spacial score (nSPS) is 22.8. The lowest BCUT2D eigenvalue weighted by Crippen LogP contribution is -2.39. The van der Waals surface area contributed by atoms with E-state index in [4.69, 9.17) is 18.3 Å². The van der Waals surface area contributed by atoms with E-state index in [1.54, 1.807) is 44.2 Å². The Morgan fingerprint density at radius 2 is 2.08 bits per heavy atom. The molecule has 0 fully saturated rings. The number of esters is 1. The number of phosphoric acid groups is 1. The molecule has 0 aliphatic carbocycles. The summed E-state index contributed by atoms with van der Waals surface area (Å²) in [4.78, 5) is 49.4. The van der Waals surface area contributed by atoms with E-state index in [0.717, 1.165) is 5.56 Å². The molecule has 0 saturated carbocycles. The van der Waals surface area contributed by atoms with Gasteiger partial charge in [-0.05, 0) is 44.0 Å². The predicted molar refractivity (Wildman–Crippen MR) is 132 cm³/mol. The number of hydrogen-bond acceptors (Lipinski definition) is 10. The van der Waals surface area contributed by atoms with Crippen molar-refractivity contribution in [2.75, 3.05) is 13.7 Å². The van der Waals surface area contributed by atoms with Gasteiger partial charge in [-0.3, -0.25) is 28.2 Å². The molecule has 0 saturated heterocycles. The average molecular weight is 549 g/mol. The number of phosphoric ester groups is 1. The van der Waals surface area contributed by atoms with E-state index >= 15 is 0 Å². The van der Waals surface area contributed by atoms with Crippen LogP contribution in [0.1, 0.15) is 36.3 Å². The van der Waals surface area contributed by atoms with Gasteiger partial charge < -0.3 is 19.3 Å².